The average molecular weight is 382 g/mol. The Kier molecular flexibility index (Phi) is 7.14. The lowest BCUT2D eigenvalue weighted by molar-refractivity contribution is 0.417. The molecule has 0 aliphatic carbocycles. The second kappa shape index (κ2) is 9.11. The molecule has 25 heavy (non-hydrogen) atoms. The van der Waals surface area contributed by atoms with Crippen LogP contribution in [0.1, 0.15) is 38.2 Å². The van der Waals surface area contributed by atoms with E-state index in [2.05, 4.69) is 11.6 Å². The standard InChI is InChI=1S/C19H24ClNO3S/c1-3-4-5-6-7-15-8-11-17(12-9-15)25(22,23)21-18-14-16(20)10-13-19(18)24-2/h8-14,21H,3-7H2,1-2H3. The first-order valence-corrected chi connectivity index (χ1v) is 10.3. The Bertz CT molecular complexity index is 789. The number of rotatable bonds is 9. The topological polar surface area (TPSA) is 55.4 Å². The van der Waals surface area contributed by atoms with Gasteiger partial charge in [-0.15, -0.1) is 0 Å². The van der Waals surface area contributed by atoms with Crippen LogP contribution in [0.3, 0.4) is 0 Å². The largest absolute Gasteiger partial charge is 0.495 e. The quantitative estimate of drug-likeness (QED) is 0.602. The number of unbranched alkanes of at least 4 members (excludes halogenated alkanes) is 3. The molecule has 2 rings (SSSR count). The normalized spacial score (nSPS) is 11.3. The number of sulfonamides is 1. The van der Waals surface area contributed by atoms with Gasteiger partial charge in [-0.25, -0.2) is 8.42 Å². The predicted octanol–water partition coefficient (Wildman–Crippen LogP) is 5.27. The van der Waals surface area contributed by atoms with Crippen molar-refractivity contribution in [3.8, 4) is 5.75 Å². The molecule has 0 amide bonds. The highest BCUT2D eigenvalue weighted by Crippen LogP contribution is 2.29. The first kappa shape index (κ1) is 19.6. The Morgan fingerprint density at radius 3 is 2.40 bits per heavy atom. The summed E-state index contributed by atoms with van der Waals surface area (Å²) in [7, 11) is -2.22. The third-order valence-corrected chi connectivity index (χ3v) is 5.58. The highest BCUT2D eigenvalue weighted by Gasteiger charge is 2.16. The number of halogens is 1. The smallest absolute Gasteiger partial charge is 0.262 e. The van der Waals surface area contributed by atoms with Gasteiger partial charge in [-0.3, -0.25) is 4.72 Å². The van der Waals surface area contributed by atoms with Crippen molar-refractivity contribution in [3.05, 3.63) is 53.1 Å². The van der Waals surface area contributed by atoms with Gasteiger partial charge in [-0.1, -0.05) is 49.9 Å². The van der Waals surface area contributed by atoms with Crippen LogP contribution in [0.4, 0.5) is 5.69 Å². The van der Waals surface area contributed by atoms with Crippen LogP contribution in [0.15, 0.2) is 47.4 Å². The van der Waals surface area contributed by atoms with Gasteiger partial charge in [0, 0.05) is 5.02 Å². The van der Waals surface area contributed by atoms with E-state index < -0.39 is 10.0 Å². The second-order valence-corrected chi connectivity index (χ2v) is 8.02. The van der Waals surface area contributed by atoms with Crippen molar-refractivity contribution in [2.75, 3.05) is 11.8 Å². The molecule has 1 N–H and O–H groups in total. The van der Waals surface area contributed by atoms with Crippen LogP contribution in [0.5, 0.6) is 5.75 Å². The van der Waals surface area contributed by atoms with Gasteiger partial charge in [-0.2, -0.15) is 0 Å². The van der Waals surface area contributed by atoms with Crippen LogP contribution in [0.25, 0.3) is 0 Å². The molecular weight excluding hydrogens is 358 g/mol. The molecule has 0 radical (unpaired) electrons. The molecule has 0 aromatic heterocycles. The number of aryl methyl sites for hydroxylation is 1. The van der Waals surface area contributed by atoms with Crippen LogP contribution in [-0.4, -0.2) is 15.5 Å². The van der Waals surface area contributed by atoms with Crippen LogP contribution >= 0.6 is 11.6 Å². The first-order valence-electron chi connectivity index (χ1n) is 8.41. The molecule has 0 unspecified atom stereocenters. The minimum atomic E-state index is -3.70. The molecule has 0 atom stereocenters. The maximum absolute atomic E-state index is 12.6. The first-order chi connectivity index (χ1) is 12.0. The van der Waals surface area contributed by atoms with Crippen molar-refractivity contribution in [2.45, 2.75) is 43.9 Å². The van der Waals surface area contributed by atoms with E-state index in [4.69, 9.17) is 16.3 Å². The maximum atomic E-state index is 12.6. The van der Waals surface area contributed by atoms with Gasteiger partial charge in [0.2, 0.25) is 0 Å². The molecule has 6 heteroatoms. The van der Waals surface area contributed by atoms with E-state index in [9.17, 15) is 8.42 Å². The van der Waals surface area contributed by atoms with E-state index in [0.29, 0.717) is 16.5 Å². The van der Waals surface area contributed by atoms with Crippen LogP contribution in [0.2, 0.25) is 5.02 Å². The second-order valence-electron chi connectivity index (χ2n) is 5.90. The molecule has 0 aliphatic heterocycles. The molecule has 0 bridgehead atoms. The molecule has 136 valence electrons. The monoisotopic (exact) mass is 381 g/mol. The van der Waals surface area contributed by atoms with Gasteiger partial charge >= 0.3 is 0 Å². The van der Waals surface area contributed by atoms with Gasteiger partial charge in [0.05, 0.1) is 17.7 Å². The highest BCUT2D eigenvalue weighted by atomic mass is 35.5. The summed E-state index contributed by atoms with van der Waals surface area (Å²) in [6, 6.07) is 11.8. The number of anilines is 1. The molecule has 0 heterocycles. The van der Waals surface area contributed by atoms with E-state index >= 15 is 0 Å². The van der Waals surface area contributed by atoms with Gasteiger partial charge in [0.1, 0.15) is 5.75 Å². The molecular formula is C19H24ClNO3S. The third kappa shape index (κ3) is 5.65. The van der Waals surface area contributed by atoms with Crippen molar-refractivity contribution in [3.63, 3.8) is 0 Å². The average Bonchev–Trinajstić information content (AvgIpc) is 2.59. The number of benzene rings is 2. The zero-order valence-electron chi connectivity index (χ0n) is 14.6. The lowest BCUT2D eigenvalue weighted by atomic mass is 10.1. The summed E-state index contributed by atoms with van der Waals surface area (Å²) in [6.45, 7) is 2.18. The predicted molar refractivity (Wildman–Crippen MR) is 103 cm³/mol. The molecule has 0 aliphatic rings. The lowest BCUT2D eigenvalue weighted by Gasteiger charge is -2.12. The summed E-state index contributed by atoms with van der Waals surface area (Å²) >= 11 is 5.95. The minimum Gasteiger partial charge on any atom is -0.495 e. The zero-order chi connectivity index (χ0) is 18.3. The Balaban J connectivity index is 2.10. The molecule has 4 nitrogen and oxygen atoms in total. The highest BCUT2D eigenvalue weighted by molar-refractivity contribution is 7.92. The number of hydrogen-bond acceptors (Lipinski definition) is 3. The van der Waals surface area contributed by atoms with Gasteiger partial charge in [-0.05, 0) is 48.7 Å². The fraction of sp³-hybridized carbons (Fsp3) is 0.368. The van der Waals surface area contributed by atoms with E-state index in [0.717, 1.165) is 18.4 Å². The SMILES string of the molecule is CCCCCCc1ccc(S(=O)(=O)Nc2cc(Cl)ccc2OC)cc1. The van der Waals surface area contributed by atoms with E-state index in [1.165, 1.54) is 32.4 Å². The van der Waals surface area contributed by atoms with Crippen molar-refractivity contribution >= 4 is 27.3 Å². The molecule has 0 spiro atoms. The van der Waals surface area contributed by atoms with E-state index in [1.807, 2.05) is 12.1 Å². The summed E-state index contributed by atoms with van der Waals surface area (Å²) in [5.41, 5.74) is 1.47. The summed E-state index contributed by atoms with van der Waals surface area (Å²) in [5, 5.41) is 0.431. The van der Waals surface area contributed by atoms with Crippen LogP contribution in [0, 0.1) is 0 Å². The summed E-state index contributed by atoms with van der Waals surface area (Å²) in [6.07, 6.45) is 5.73. The summed E-state index contributed by atoms with van der Waals surface area (Å²) in [5.74, 6) is 0.417. The van der Waals surface area contributed by atoms with Gasteiger partial charge in [0.15, 0.2) is 0 Å². The maximum Gasteiger partial charge on any atom is 0.262 e. The van der Waals surface area contributed by atoms with Gasteiger partial charge in [0.25, 0.3) is 10.0 Å². The number of nitrogens with one attached hydrogen (secondary N) is 1. The molecule has 2 aromatic carbocycles. The lowest BCUT2D eigenvalue weighted by Crippen LogP contribution is -2.13. The summed E-state index contributed by atoms with van der Waals surface area (Å²) in [4.78, 5) is 0.215. The van der Waals surface area contributed by atoms with Crippen molar-refractivity contribution in [1.82, 2.24) is 0 Å². The molecule has 2 aromatic rings. The number of methoxy groups -OCH3 is 1. The summed E-state index contributed by atoms with van der Waals surface area (Å²) < 4.78 is 32.9. The fourth-order valence-corrected chi connectivity index (χ4v) is 3.79. The Labute approximate surface area is 155 Å². The molecule has 0 saturated heterocycles. The molecule has 0 fully saturated rings. The Morgan fingerprint density at radius 1 is 1.04 bits per heavy atom. The number of hydrogen-bond donors (Lipinski definition) is 1. The fourth-order valence-electron chi connectivity index (χ4n) is 2.55. The Morgan fingerprint density at radius 2 is 1.76 bits per heavy atom. The van der Waals surface area contributed by atoms with E-state index in [-0.39, 0.29) is 4.90 Å². The molecule has 0 saturated carbocycles. The third-order valence-electron chi connectivity index (χ3n) is 3.96. The Hall–Kier alpha value is -1.72. The van der Waals surface area contributed by atoms with Crippen LogP contribution < -0.4 is 9.46 Å². The van der Waals surface area contributed by atoms with Crippen LogP contribution in [-0.2, 0) is 16.4 Å². The van der Waals surface area contributed by atoms with Gasteiger partial charge < -0.3 is 4.74 Å². The van der Waals surface area contributed by atoms with Crippen molar-refractivity contribution in [2.24, 2.45) is 0 Å². The van der Waals surface area contributed by atoms with Crippen molar-refractivity contribution < 1.29 is 13.2 Å². The number of ether oxygens (including phenoxy) is 1. The zero-order valence-corrected chi connectivity index (χ0v) is 16.2. The van der Waals surface area contributed by atoms with E-state index in [1.54, 1.807) is 24.3 Å². The van der Waals surface area contributed by atoms with Crippen molar-refractivity contribution in [1.29, 1.82) is 0 Å². The minimum absolute atomic E-state index is 0.215.